The van der Waals surface area contributed by atoms with Crippen molar-refractivity contribution in [3.05, 3.63) is 58.4 Å². The summed E-state index contributed by atoms with van der Waals surface area (Å²) in [5.74, 6) is -2.46. The first kappa shape index (κ1) is 30.7. The summed E-state index contributed by atoms with van der Waals surface area (Å²) in [5, 5.41) is 2.53. The first-order valence-corrected chi connectivity index (χ1v) is 12.3. The monoisotopic (exact) mass is 534 g/mol. The highest BCUT2D eigenvalue weighted by Gasteiger charge is 2.45. The van der Waals surface area contributed by atoms with Crippen LogP contribution >= 0.6 is 0 Å². The maximum atomic E-state index is 13.1. The van der Waals surface area contributed by atoms with E-state index < -0.39 is 41.7 Å². The van der Waals surface area contributed by atoms with Crippen LogP contribution in [0.4, 0.5) is 26.3 Å². The van der Waals surface area contributed by atoms with Gasteiger partial charge in [0.1, 0.15) is 5.76 Å². The lowest BCUT2D eigenvalue weighted by molar-refractivity contribution is -0.162. The zero-order valence-electron chi connectivity index (χ0n) is 21.9. The fraction of sp³-hybridized carbons (Fsp3) is 0.593. The van der Waals surface area contributed by atoms with Crippen molar-refractivity contribution in [2.45, 2.75) is 65.9 Å². The molecule has 0 bridgehead atoms. The smallest absolute Gasteiger partial charge is 0.416 e. The van der Waals surface area contributed by atoms with Crippen LogP contribution in [0.3, 0.4) is 0 Å². The molecule has 10 heteroatoms. The van der Waals surface area contributed by atoms with Crippen molar-refractivity contribution in [3.8, 4) is 0 Å². The van der Waals surface area contributed by atoms with Gasteiger partial charge < -0.3 is 10.1 Å². The topological polar surface area (TPSA) is 41.6 Å². The third-order valence-corrected chi connectivity index (χ3v) is 7.07. The van der Waals surface area contributed by atoms with E-state index in [2.05, 4.69) is 23.7 Å². The quantitative estimate of drug-likeness (QED) is 0.194. The zero-order valence-corrected chi connectivity index (χ0v) is 21.9. The Bertz CT molecular complexity index is 982. The number of alkyl halides is 6. The molecule has 1 aliphatic heterocycles. The standard InChI is InChI=1S/C27H36F6N2O2/c1-7-9-37-24(8-2)18(5)16(3)17(4)19(6)35-14-20(15-35)13-34-25(36)21-10-22(26(28,29)30)12-23(11-21)27(31,32)33/h8,10,12,19-20,23H,2,7,9,11,13-15H2,1,3-6H3,(H,34,36)/b17-16+,24-18+. The summed E-state index contributed by atoms with van der Waals surface area (Å²) in [6, 6.07) is 0.104. The van der Waals surface area contributed by atoms with Gasteiger partial charge in [-0.15, -0.1) is 0 Å². The first-order valence-electron chi connectivity index (χ1n) is 12.3. The van der Waals surface area contributed by atoms with Gasteiger partial charge in [-0.25, -0.2) is 0 Å². The number of carbonyl (C=O) groups is 1. The van der Waals surface area contributed by atoms with Crippen LogP contribution in [0, 0.1) is 11.8 Å². The van der Waals surface area contributed by atoms with E-state index in [1.807, 2.05) is 27.7 Å². The highest BCUT2D eigenvalue weighted by atomic mass is 19.4. The molecule has 37 heavy (non-hydrogen) atoms. The number of ether oxygens (including phenoxy) is 1. The second-order valence-corrected chi connectivity index (χ2v) is 9.70. The average molecular weight is 535 g/mol. The number of nitrogens with one attached hydrogen (secondary N) is 1. The van der Waals surface area contributed by atoms with Crippen LogP contribution in [0.1, 0.15) is 47.5 Å². The van der Waals surface area contributed by atoms with Crippen molar-refractivity contribution < 1.29 is 35.9 Å². The van der Waals surface area contributed by atoms with Crippen molar-refractivity contribution in [2.24, 2.45) is 11.8 Å². The molecular weight excluding hydrogens is 498 g/mol. The molecule has 0 radical (unpaired) electrons. The summed E-state index contributed by atoms with van der Waals surface area (Å²) in [6.45, 7) is 16.0. The molecule has 1 saturated heterocycles. The van der Waals surface area contributed by atoms with Gasteiger partial charge in [0.15, 0.2) is 0 Å². The van der Waals surface area contributed by atoms with E-state index in [9.17, 15) is 31.1 Å². The summed E-state index contributed by atoms with van der Waals surface area (Å²) >= 11 is 0. The third-order valence-electron chi connectivity index (χ3n) is 7.07. The van der Waals surface area contributed by atoms with Gasteiger partial charge in [-0.3, -0.25) is 9.69 Å². The Hall–Kier alpha value is -2.49. The molecule has 0 aromatic rings. The Balaban J connectivity index is 1.98. The largest absolute Gasteiger partial charge is 0.493 e. The predicted molar refractivity (Wildman–Crippen MR) is 131 cm³/mol. The highest BCUT2D eigenvalue weighted by Crippen LogP contribution is 2.40. The number of amides is 1. The minimum absolute atomic E-state index is 0.0491. The molecule has 2 rings (SSSR count). The van der Waals surface area contributed by atoms with Crippen LogP contribution in [0.2, 0.25) is 0 Å². The minimum atomic E-state index is -4.97. The highest BCUT2D eigenvalue weighted by molar-refractivity contribution is 5.94. The molecule has 208 valence electrons. The second kappa shape index (κ2) is 12.4. The zero-order chi connectivity index (χ0) is 28.1. The fourth-order valence-electron chi connectivity index (χ4n) is 4.36. The maximum Gasteiger partial charge on any atom is 0.416 e. The Morgan fingerprint density at radius 2 is 1.81 bits per heavy atom. The molecule has 0 aromatic heterocycles. The summed E-state index contributed by atoms with van der Waals surface area (Å²) < 4.78 is 84.4. The summed E-state index contributed by atoms with van der Waals surface area (Å²) in [4.78, 5) is 14.7. The summed E-state index contributed by atoms with van der Waals surface area (Å²) in [7, 11) is 0. The van der Waals surface area contributed by atoms with Gasteiger partial charge in [0.05, 0.1) is 18.1 Å². The number of allylic oxidation sites excluding steroid dienone is 6. The van der Waals surface area contributed by atoms with E-state index >= 15 is 0 Å². The van der Waals surface area contributed by atoms with Crippen molar-refractivity contribution in [2.75, 3.05) is 26.2 Å². The van der Waals surface area contributed by atoms with Crippen molar-refractivity contribution >= 4 is 5.91 Å². The molecule has 4 nitrogen and oxygen atoms in total. The van der Waals surface area contributed by atoms with E-state index in [0.717, 1.165) is 28.9 Å². The number of halogens is 6. The maximum absolute atomic E-state index is 13.1. The second-order valence-electron chi connectivity index (χ2n) is 9.70. The lowest BCUT2D eigenvalue weighted by Gasteiger charge is -2.44. The summed E-state index contributed by atoms with van der Waals surface area (Å²) in [5.41, 5.74) is 1.28. The molecule has 1 aliphatic carbocycles. The van der Waals surface area contributed by atoms with Crippen molar-refractivity contribution in [1.82, 2.24) is 10.2 Å². The Kier molecular flexibility index (Phi) is 10.3. The van der Waals surface area contributed by atoms with E-state index in [-0.39, 0.29) is 24.6 Å². The van der Waals surface area contributed by atoms with Crippen molar-refractivity contribution in [3.63, 3.8) is 0 Å². The molecule has 2 aliphatic rings. The molecule has 2 unspecified atom stereocenters. The van der Waals surface area contributed by atoms with Crippen LogP contribution in [-0.4, -0.2) is 55.4 Å². The molecule has 0 aromatic carbocycles. The number of hydrogen-bond donors (Lipinski definition) is 1. The number of nitrogens with zero attached hydrogens (tertiary/aromatic N) is 1. The van der Waals surface area contributed by atoms with Gasteiger partial charge in [0.25, 0.3) is 0 Å². The number of likely N-dealkylation sites (tertiary alicyclic amines) is 1. The predicted octanol–water partition coefficient (Wildman–Crippen LogP) is 6.64. The van der Waals surface area contributed by atoms with Crippen LogP contribution in [0.5, 0.6) is 0 Å². The van der Waals surface area contributed by atoms with Gasteiger partial charge in [0, 0.05) is 37.2 Å². The Labute approximate surface area is 214 Å². The Morgan fingerprint density at radius 1 is 1.19 bits per heavy atom. The van der Waals surface area contributed by atoms with E-state index in [1.165, 1.54) is 0 Å². The molecule has 2 atom stereocenters. The van der Waals surface area contributed by atoms with Gasteiger partial charge in [-0.05, 0) is 63.8 Å². The molecule has 1 fully saturated rings. The van der Waals surface area contributed by atoms with Gasteiger partial charge >= 0.3 is 12.4 Å². The fourth-order valence-corrected chi connectivity index (χ4v) is 4.36. The average Bonchev–Trinajstić information content (AvgIpc) is 2.80. The van der Waals surface area contributed by atoms with Crippen LogP contribution in [0.15, 0.2) is 58.4 Å². The third kappa shape index (κ3) is 7.99. The van der Waals surface area contributed by atoms with E-state index in [0.29, 0.717) is 25.8 Å². The van der Waals surface area contributed by atoms with Gasteiger partial charge in [-0.1, -0.05) is 25.2 Å². The summed E-state index contributed by atoms with van der Waals surface area (Å²) in [6.07, 6.45) is -7.41. The van der Waals surface area contributed by atoms with Crippen LogP contribution < -0.4 is 5.32 Å². The lowest BCUT2D eigenvalue weighted by Crippen LogP contribution is -2.55. The molecule has 0 spiro atoms. The van der Waals surface area contributed by atoms with Gasteiger partial charge in [-0.2, -0.15) is 26.3 Å². The van der Waals surface area contributed by atoms with Crippen molar-refractivity contribution in [1.29, 1.82) is 0 Å². The van der Waals surface area contributed by atoms with E-state index in [1.54, 1.807) is 6.08 Å². The molecule has 1 N–H and O–H groups in total. The molecule has 0 saturated carbocycles. The molecule has 1 amide bonds. The number of rotatable bonds is 10. The first-order chi connectivity index (χ1) is 17.1. The minimum Gasteiger partial charge on any atom is -0.493 e. The van der Waals surface area contributed by atoms with E-state index in [4.69, 9.17) is 4.74 Å². The molecular formula is C27H36F6N2O2. The SMILES string of the molecule is C=C/C(OCCC)=C(C)\C(C)=C(/C)C(C)N1CC(CNC(=O)C2=CC(C(F)(F)F)=CC(C(F)(F)F)C2)C1. The normalized spacial score (nSPS) is 21.6. The Morgan fingerprint density at radius 3 is 2.32 bits per heavy atom. The van der Waals surface area contributed by atoms with Crippen LogP contribution in [-0.2, 0) is 9.53 Å². The van der Waals surface area contributed by atoms with Crippen LogP contribution in [0.25, 0.3) is 0 Å². The van der Waals surface area contributed by atoms with Gasteiger partial charge in [0.2, 0.25) is 5.91 Å². The number of hydrogen-bond acceptors (Lipinski definition) is 3. The lowest BCUT2D eigenvalue weighted by atomic mass is 9.88. The number of carbonyl (C=O) groups excluding carboxylic acids is 1. The molecule has 1 heterocycles.